The van der Waals surface area contributed by atoms with E-state index in [1.807, 2.05) is 11.8 Å². The first-order valence-electron chi connectivity index (χ1n) is 10.4. The van der Waals surface area contributed by atoms with Crippen LogP contribution < -0.4 is 5.32 Å². The number of nitrogens with one attached hydrogen (secondary N) is 1. The first-order chi connectivity index (χ1) is 14.4. The summed E-state index contributed by atoms with van der Waals surface area (Å²) in [4.78, 5) is 35.1. The Labute approximate surface area is 175 Å². The number of benzene rings is 1. The van der Waals surface area contributed by atoms with Gasteiger partial charge >= 0.3 is 0 Å². The Kier molecular flexibility index (Phi) is 6.75. The lowest BCUT2D eigenvalue weighted by molar-refractivity contribution is -0.123. The molecule has 2 bridgehead atoms. The molecule has 2 amide bonds. The van der Waals surface area contributed by atoms with Crippen molar-refractivity contribution in [2.75, 3.05) is 19.6 Å². The van der Waals surface area contributed by atoms with Crippen LogP contribution in [0.4, 0.5) is 4.39 Å². The number of rotatable bonds is 5. The highest BCUT2D eigenvalue weighted by molar-refractivity contribution is 5.96. The Hall–Kier alpha value is -2.48. The van der Waals surface area contributed by atoms with Crippen molar-refractivity contribution in [1.29, 1.82) is 0 Å². The van der Waals surface area contributed by atoms with Gasteiger partial charge in [0, 0.05) is 36.9 Å². The summed E-state index contributed by atoms with van der Waals surface area (Å²) in [5.41, 5.74) is 0.529. The molecular weight excluding hydrogens is 391 g/mol. The molecular formula is C22H29FN2O5. The summed E-state index contributed by atoms with van der Waals surface area (Å²) in [6.07, 6.45) is 3.47. The van der Waals surface area contributed by atoms with Gasteiger partial charge in [-0.1, -0.05) is 13.0 Å². The number of halogens is 1. The van der Waals surface area contributed by atoms with Crippen molar-refractivity contribution in [2.45, 2.75) is 51.2 Å². The molecule has 7 nitrogen and oxygen atoms in total. The summed E-state index contributed by atoms with van der Waals surface area (Å²) in [5, 5.41) is 9.93. The second-order valence-electron chi connectivity index (χ2n) is 8.29. The lowest BCUT2D eigenvalue weighted by atomic mass is 9.73. The summed E-state index contributed by atoms with van der Waals surface area (Å²) < 4.78 is 20.2. The lowest BCUT2D eigenvalue weighted by Gasteiger charge is -2.29. The fraction of sp³-hybridized carbons (Fsp3) is 0.591. The SMILES string of the molecule is CCCC(=O)NC[C@H]1[C@H]2CN(C(=O)c3cccc(F)c3C)C[C@]23CC[C@H]1O3.O=CO. The summed E-state index contributed by atoms with van der Waals surface area (Å²) in [7, 11) is 0. The van der Waals surface area contributed by atoms with Crippen LogP contribution >= 0.6 is 0 Å². The van der Waals surface area contributed by atoms with Crippen LogP contribution in [0, 0.1) is 24.6 Å². The molecule has 8 heteroatoms. The van der Waals surface area contributed by atoms with Gasteiger partial charge < -0.3 is 20.1 Å². The van der Waals surface area contributed by atoms with Crippen LogP contribution in [0.5, 0.6) is 0 Å². The van der Waals surface area contributed by atoms with Gasteiger partial charge in [-0.05, 0) is 43.9 Å². The number of carboxylic acid groups (broad SMARTS) is 1. The van der Waals surface area contributed by atoms with Gasteiger partial charge in [-0.2, -0.15) is 0 Å². The van der Waals surface area contributed by atoms with E-state index in [2.05, 4.69) is 5.32 Å². The predicted octanol–water partition coefficient (Wildman–Crippen LogP) is 2.37. The minimum Gasteiger partial charge on any atom is -0.483 e. The molecule has 3 aliphatic rings. The lowest BCUT2D eigenvalue weighted by Crippen LogP contribution is -2.41. The van der Waals surface area contributed by atoms with Crippen LogP contribution in [-0.2, 0) is 14.3 Å². The number of likely N-dealkylation sites (tertiary alicyclic amines) is 1. The van der Waals surface area contributed by atoms with E-state index in [0.29, 0.717) is 37.2 Å². The summed E-state index contributed by atoms with van der Waals surface area (Å²) in [6, 6.07) is 4.65. The molecule has 30 heavy (non-hydrogen) atoms. The summed E-state index contributed by atoms with van der Waals surface area (Å²) in [6.45, 7) is 5.16. The Morgan fingerprint density at radius 3 is 2.87 bits per heavy atom. The van der Waals surface area contributed by atoms with Gasteiger partial charge in [0.2, 0.25) is 5.91 Å². The Bertz CT molecular complexity index is 817. The Morgan fingerprint density at radius 2 is 2.17 bits per heavy atom. The Balaban J connectivity index is 0.000000806. The van der Waals surface area contributed by atoms with Crippen LogP contribution in [-0.4, -0.2) is 59.6 Å². The first kappa shape index (κ1) is 22.2. The van der Waals surface area contributed by atoms with Gasteiger partial charge in [0.1, 0.15) is 5.82 Å². The molecule has 0 aromatic heterocycles. The largest absolute Gasteiger partial charge is 0.483 e. The van der Waals surface area contributed by atoms with E-state index in [4.69, 9.17) is 14.6 Å². The summed E-state index contributed by atoms with van der Waals surface area (Å²) >= 11 is 0. The number of ether oxygens (including phenoxy) is 1. The van der Waals surface area contributed by atoms with E-state index in [1.165, 1.54) is 6.07 Å². The topological polar surface area (TPSA) is 95.9 Å². The molecule has 1 spiro atoms. The average molecular weight is 420 g/mol. The monoisotopic (exact) mass is 420 g/mol. The van der Waals surface area contributed by atoms with E-state index in [9.17, 15) is 14.0 Å². The van der Waals surface area contributed by atoms with Gasteiger partial charge in [-0.25, -0.2) is 4.39 Å². The van der Waals surface area contributed by atoms with Gasteiger partial charge in [-0.15, -0.1) is 0 Å². The number of fused-ring (bicyclic) bond motifs is 1. The molecule has 0 unspecified atom stereocenters. The first-order valence-corrected chi connectivity index (χ1v) is 10.4. The molecule has 4 atom stereocenters. The molecule has 0 radical (unpaired) electrons. The molecule has 1 aromatic rings. The Morgan fingerprint density at radius 1 is 1.43 bits per heavy atom. The van der Waals surface area contributed by atoms with E-state index < -0.39 is 0 Å². The van der Waals surface area contributed by atoms with Crippen LogP contribution in [0.15, 0.2) is 18.2 Å². The standard InChI is InChI=1S/C21H27FN2O3.CH2O2/c1-3-5-19(25)23-10-15-16-11-24(12-21(16)9-8-18(15)27-21)20(26)14-6-4-7-17(22)13(14)2;2-1-3/h4,6-7,15-16,18H,3,5,8-12H2,1-2H3,(H,23,25);1H,(H,2,3)/t15-,16+,18+,21+;/m0./s1. The van der Waals surface area contributed by atoms with Gasteiger partial charge in [0.25, 0.3) is 12.4 Å². The molecule has 2 N–H and O–H groups in total. The fourth-order valence-corrected chi connectivity index (χ4v) is 5.17. The molecule has 3 saturated heterocycles. The van der Waals surface area contributed by atoms with Crippen LogP contribution in [0.1, 0.15) is 48.5 Å². The van der Waals surface area contributed by atoms with E-state index in [0.717, 1.165) is 19.3 Å². The van der Waals surface area contributed by atoms with Crippen molar-refractivity contribution in [2.24, 2.45) is 11.8 Å². The fourth-order valence-electron chi connectivity index (χ4n) is 5.17. The highest BCUT2D eigenvalue weighted by Crippen LogP contribution is 2.54. The highest BCUT2D eigenvalue weighted by Gasteiger charge is 2.63. The predicted molar refractivity (Wildman–Crippen MR) is 107 cm³/mol. The van der Waals surface area contributed by atoms with Crippen molar-refractivity contribution in [3.8, 4) is 0 Å². The summed E-state index contributed by atoms with van der Waals surface area (Å²) in [5.74, 6) is 0.0706. The van der Waals surface area contributed by atoms with Crippen LogP contribution in [0.25, 0.3) is 0 Å². The molecule has 3 aliphatic heterocycles. The van der Waals surface area contributed by atoms with Crippen molar-refractivity contribution >= 4 is 18.3 Å². The second-order valence-corrected chi connectivity index (χ2v) is 8.29. The smallest absolute Gasteiger partial charge is 0.290 e. The number of carbonyl (C=O) groups excluding carboxylic acids is 2. The molecule has 3 fully saturated rings. The molecule has 3 heterocycles. The van der Waals surface area contributed by atoms with Crippen molar-refractivity contribution in [1.82, 2.24) is 10.2 Å². The maximum absolute atomic E-state index is 13.9. The minimum atomic E-state index is -0.355. The highest BCUT2D eigenvalue weighted by atomic mass is 19.1. The van der Waals surface area contributed by atoms with Crippen molar-refractivity contribution in [3.63, 3.8) is 0 Å². The quantitative estimate of drug-likeness (QED) is 0.713. The van der Waals surface area contributed by atoms with Gasteiger partial charge in [0.05, 0.1) is 18.2 Å². The number of hydrogen-bond acceptors (Lipinski definition) is 4. The molecule has 164 valence electrons. The number of nitrogens with zero attached hydrogens (tertiary/aromatic N) is 1. The van der Waals surface area contributed by atoms with E-state index in [-0.39, 0.29) is 47.6 Å². The number of hydrogen-bond donors (Lipinski definition) is 2. The molecule has 0 aliphatic carbocycles. The zero-order valence-electron chi connectivity index (χ0n) is 17.4. The van der Waals surface area contributed by atoms with Gasteiger partial charge in [0.15, 0.2) is 0 Å². The normalized spacial score (nSPS) is 28.5. The van der Waals surface area contributed by atoms with Gasteiger partial charge in [-0.3, -0.25) is 14.4 Å². The van der Waals surface area contributed by atoms with Crippen molar-refractivity contribution < 1.29 is 28.6 Å². The third-order valence-electron chi connectivity index (χ3n) is 6.58. The third-order valence-corrected chi connectivity index (χ3v) is 6.58. The van der Waals surface area contributed by atoms with Crippen LogP contribution in [0.2, 0.25) is 0 Å². The second kappa shape index (κ2) is 9.12. The van der Waals surface area contributed by atoms with Crippen molar-refractivity contribution in [3.05, 3.63) is 35.1 Å². The molecule has 4 rings (SSSR count). The van der Waals surface area contributed by atoms with E-state index in [1.54, 1.807) is 19.1 Å². The average Bonchev–Trinajstić information content (AvgIpc) is 3.37. The zero-order valence-corrected chi connectivity index (χ0v) is 17.4. The third kappa shape index (κ3) is 4.05. The van der Waals surface area contributed by atoms with E-state index >= 15 is 0 Å². The maximum Gasteiger partial charge on any atom is 0.290 e. The van der Waals surface area contributed by atoms with Crippen LogP contribution in [0.3, 0.4) is 0 Å². The zero-order chi connectivity index (χ0) is 21.9. The molecule has 1 aromatic carbocycles. The molecule has 0 saturated carbocycles. The number of carbonyl (C=O) groups is 3. The maximum atomic E-state index is 13.9. The number of amides is 2. The minimum absolute atomic E-state index is 0.0793.